The van der Waals surface area contributed by atoms with Crippen molar-refractivity contribution in [2.24, 2.45) is 5.92 Å². The second-order valence-electron chi connectivity index (χ2n) is 5.75. The molecule has 1 aromatic carbocycles. The predicted octanol–water partition coefficient (Wildman–Crippen LogP) is 4.12. The molecule has 0 saturated carbocycles. The molecule has 0 aromatic heterocycles. The van der Waals surface area contributed by atoms with Crippen LogP contribution in [0.15, 0.2) is 24.3 Å². The Hall–Kier alpha value is -0.820. The Morgan fingerprint density at radius 1 is 1.00 bits per heavy atom. The third-order valence-corrected chi connectivity index (χ3v) is 3.23. The SMILES string of the molecule is Cc1ccc([C@@H](C)CC(C)NCC(C)C)cc1. The maximum absolute atomic E-state index is 3.59. The van der Waals surface area contributed by atoms with Gasteiger partial charge in [0.1, 0.15) is 0 Å². The van der Waals surface area contributed by atoms with Gasteiger partial charge in [-0.25, -0.2) is 0 Å². The summed E-state index contributed by atoms with van der Waals surface area (Å²) in [6.07, 6.45) is 1.20. The summed E-state index contributed by atoms with van der Waals surface area (Å²) in [7, 11) is 0. The molecule has 0 spiro atoms. The maximum atomic E-state index is 3.59. The molecule has 17 heavy (non-hydrogen) atoms. The molecular formula is C16H27N. The van der Waals surface area contributed by atoms with E-state index >= 15 is 0 Å². The summed E-state index contributed by atoms with van der Waals surface area (Å²) in [5, 5.41) is 3.59. The van der Waals surface area contributed by atoms with E-state index in [2.05, 4.69) is 64.2 Å². The van der Waals surface area contributed by atoms with Gasteiger partial charge in [-0.2, -0.15) is 0 Å². The zero-order valence-electron chi connectivity index (χ0n) is 12.0. The van der Waals surface area contributed by atoms with Crippen molar-refractivity contribution in [3.05, 3.63) is 35.4 Å². The summed E-state index contributed by atoms with van der Waals surface area (Å²) in [5.74, 6) is 1.36. The topological polar surface area (TPSA) is 12.0 Å². The molecule has 0 heterocycles. The summed E-state index contributed by atoms with van der Waals surface area (Å²) in [4.78, 5) is 0. The van der Waals surface area contributed by atoms with Crippen molar-refractivity contribution in [2.45, 2.75) is 53.0 Å². The first-order valence-corrected chi connectivity index (χ1v) is 6.79. The molecule has 96 valence electrons. The number of nitrogens with one attached hydrogen (secondary N) is 1. The van der Waals surface area contributed by atoms with Gasteiger partial charge in [0.15, 0.2) is 0 Å². The molecule has 1 unspecified atom stereocenters. The minimum absolute atomic E-state index is 0.591. The fourth-order valence-electron chi connectivity index (χ4n) is 2.08. The van der Waals surface area contributed by atoms with Gasteiger partial charge in [0.25, 0.3) is 0 Å². The Labute approximate surface area is 107 Å². The molecule has 0 aliphatic carbocycles. The van der Waals surface area contributed by atoms with Crippen LogP contribution in [-0.4, -0.2) is 12.6 Å². The van der Waals surface area contributed by atoms with E-state index in [1.165, 1.54) is 17.5 Å². The van der Waals surface area contributed by atoms with Crippen LogP contribution in [0.25, 0.3) is 0 Å². The van der Waals surface area contributed by atoms with Crippen molar-refractivity contribution in [1.82, 2.24) is 5.32 Å². The third kappa shape index (κ3) is 5.36. The lowest BCUT2D eigenvalue weighted by Crippen LogP contribution is -2.30. The van der Waals surface area contributed by atoms with Crippen LogP contribution in [0.4, 0.5) is 0 Å². The van der Waals surface area contributed by atoms with Crippen molar-refractivity contribution < 1.29 is 0 Å². The Bertz CT molecular complexity index is 313. The molecule has 0 saturated heterocycles. The summed E-state index contributed by atoms with van der Waals surface area (Å²) in [6.45, 7) is 12.4. The van der Waals surface area contributed by atoms with Crippen LogP contribution in [0.2, 0.25) is 0 Å². The van der Waals surface area contributed by atoms with E-state index in [-0.39, 0.29) is 0 Å². The number of rotatable bonds is 6. The number of hydrogen-bond donors (Lipinski definition) is 1. The molecule has 0 fully saturated rings. The monoisotopic (exact) mass is 233 g/mol. The third-order valence-electron chi connectivity index (χ3n) is 3.23. The maximum Gasteiger partial charge on any atom is 0.00445 e. The Morgan fingerprint density at radius 2 is 1.59 bits per heavy atom. The molecule has 2 atom stereocenters. The van der Waals surface area contributed by atoms with E-state index in [0.717, 1.165) is 12.5 Å². The van der Waals surface area contributed by atoms with Crippen molar-refractivity contribution >= 4 is 0 Å². The Balaban J connectivity index is 2.42. The Kier molecular flexibility index (Phi) is 5.70. The summed E-state index contributed by atoms with van der Waals surface area (Å²) in [6, 6.07) is 9.52. The molecule has 0 radical (unpaired) electrons. The van der Waals surface area contributed by atoms with Crippen LogP contribution in [0, 0.1) is 12.8 Å². The lowest BCUT2D eigenvalue weighted by Gasteiger charge is -2.20. The number of benzene rings is 1. The first kappa shape index (κ1) is 14.2. The fourth-order valence-corrected chi connectivity index (χ4v) is 2.08. The molecule has 1 nitrogen and oxygen atoms in total. The molecular weight excluding hydrogens is 206 g/mol. The van der Waals surface area contributed by atoms with Crippen molar-refractivity contribution in [1.29, 1.82) is 0 Å². The zero-order valence-corrected chi connectivity index (χ0v) is 12.0. The average molecular weight is 233 g/mol. The van der Waals surface area contributed by atoms with Gasteiger partial charge in [-0.1, -0.05) is 50.6 Å². The van der Waals surface area contributed by atoms with Crippen LogP contribution < -0.4 is 5.32 Å². The normalized spacial score (nSPS) is 14.9. The highest BCUT2D eigenvalue weighted by Crippen LogP contribution is 2.20. The van der Waals surface area contributed by atoms with Crippen LogP contribution in [0.5, 0.6) is 0 Å². The second kappa shape index (κ2) is 6.80. The van der Waals surface area contributed by atoms with Gasteiger partial charge in [0.2, 0.25) is 0 Å². The van der Waals surface area contributed by atoms with Crippen molar-refractivity contribution in [2.75, 3.05) is 6.54 Å². The number of hydrogen-bond acceptors (Lipinski definition) is 1. The first-order valence-electron chi connectivity index (χ1n) is 6.79. The first-order chi connectivity index (χ1) is 7.99. The summed E-state index contributed by atoms with van der Waals surface area (Å²) >= 11 is 0. The van der Waals surface area contributed by atoms with E-state index < -0.39 is 0 Å². The van der Waals surface area contributed by atoms with Crippen LogP contribution in [-0.2, 0) is 0 Å². The van der Waals surface area contributed by atoms with Gasteiger partial charge >= 0.3 is 0 Å². The molecule has 1 N–H and O–H groups in total. The fraction of sp³-hybridized carbons (Fsp3) is 0.625. The van der Waals surface area contributed by atoms with Crippen LogP contribution in [0.1, 0.15) is 51.2 Å². The van der Waals surface area contributed by atoms with Gasteiger partial charge in [-0.05, 0) is 44.2 Å². The molecule has 1 heteroatoms. The lowest BCUT2D eigenvalue weighted by atomic mass is 9.94. The standard InChI is InChI=1S/C16H27N/c1-12(2)11-17-15(5)10-14(4)16-8-6-13(3)7-9-16/h6-9,12,14-15,17H,10-11H2,1-5H3/t14-,15?/m0/s1. The molecule has 0 bridgehead atoms. The minimum Gasteiger partial charge on any atom is -0.314 e. The van der Waals surface area contributed by atoms with E-state index in [4.69, 9.17) is 0 Å². The van der Waals surface area contributed by atoms with E-state index in [1.54, 1.807) is 0 Å². The van der Waals surface area contributed by atoms with Crippen molar-refractivity contribution in [3.63, 3.8) is 0 Å². The molecule has 0 amide bonds. The highest BCUT2D eigenvalue weighted by atomic mass is 14.9. The van der Waals surface area contributed by atoms with Gasteiger partial charge in [-0.3, -0.25) is 0 Å². The average Bonchev–Trinajstić information content (AvgIpc) is 2.27. The molecule has 0 aliphatic rings. The van der Waals surface area contributed by atoms with Gasteiger partial charge in [0, 0.05) is 6.04 Å². The van der Waals surface area contributed by atoms with Crippen molar-refractivity contribution in [3.8, 4) is 0 Å². The van der Waals surface area contributed by atoms with Gasteiger partial charge in [-0.15, -0.1) is 0 Å². The summed E-state index contributed by atoms with van der Waals surface area (Å²) in [5.41, 5.74) is 2.79. The summed E-state index contributed by atoms with van der Waals surface area (Å²) < 4.78 is 0. The van der Waals surface area contributed by atoms with Crippen LogP contribution >= 0.6 is 0 Å². The quantitative estimate of drug-likeness (QED) is 0.779. The van der Waals surface area contributed by atoms with E-state index in [0.29, 0.717) is 12.0 Å². The van der Waals surface area contributed by atoms with Gasteiger partial charge in [0.05, 0.1) is 0 Å². The molecule has 0 aliphatic heterocycles. The number of aryl methyl sites for hydroxylation is 1. The zero-order chi connectivity index (χ0) is 12.8. The smallest absolute Gasteiger partial charge is 0.00445 e. The highest BCUT2D eigenvalue weighted by molar-refractivity contribution is 5.24. The molecule has 1 rings (SSSR count). The van der Waals surface area contributed by atoms with Crippen LogP contribution in [0.3, 0.4) is 0 Å². The van der Waals surface area contributed by atoms with Gasteiger partial charge < -0.3 is 5.32 Å². The second-order valence-corrected chi connectivity index (χ2v) is 5.75. The highest BCUT2D eigenvalue weighted by Gasteiger charge is 2.10. The predicted molar refractivity (Wildman–Crippen MR) is 76.5 cm³/mol. The molecule has 1 aromatic rings. The Morgan fingerprint density at radius 3 is 2.12 bits per heavy atom. The largest absolute Gasteiger partial charge is 0.314 e. The van der Waals surface area contributed by atoms with E-state index in [1.807, 2.05) is 0 Å². The lowest BCUT2D eigenvalue weighted by molar-refractivity contribution is 0.442. The minimum atomic E-state index is 0.591. The van der Waals surface area contributed by atoms with E-state index in [9.17, 15) is 0 Å².